The molecule has 1 N–H and O–H groups in total. The van der Waals surface area contributed by atoms with E-state index in [1.807, 2.05) is 0 Å². The summed E-state index contributed by atoms with van der Waals surface area (Å²) in [5.41, 5.74) is 2.55. The number of nitrogens with one attached hydrogen (secondary N) is 1. The molecule has 11 heavy (non-hydrogen) atoms. The normalized spacial score (nSPS) is 9.73. The zero-order valence-corrected chi connectivity index (χ0v) is 8.97. The van der Waals surface area contributed by atoms with Crippen LogP contribution in [0.25, 0.3) is 0 Å². The first-order valence-corrected chi connectivity index (χ1v) is 4.82. The average molecular weight is 261 g/mol. The summed E-state index contributed by atoms with van der Waals surface area (Å²) >= 11 is 2.35. The Hall–Kier alpha value is -0.250. The van der Waals surface area contributed by atoms with Crippen LogP contribution in [0, 0.1) is 10.5 Å². The van der Waals surface area contributed by atoms with Gasteiger partial charge in [-0.15, -0.1) is 0 Å². The molecule has 0 unspecified atom stereocenters. The number of halogens is 1. The number of benzene rings is 1. The fourth-order valence-electron chi connectivity index (χ4n) is 0.907. The van der Waals surface area contributed by atoms with E-state index in [9.17, 15) is 0 Å². The summed E-state index contributed by atoms with van der Waals surface area (Å²) in [6.07, 6.45) is 0. The highest BCUT2D eigenvalue weighted by atomic mass is 127. The molecule has 0 amide bonds. The van der Waals surface area contributed by atoms with E-state index in [0.29, 0.717) is 0 Å². The first kappa shape index (κ1) is 8.84. The molecule has 0 bridgehead atoms. The molecule has 1 nitrogen and oxygen atoms in total. The summed E-state index contributed by atoms with van der Waals surface area (Å²) in [6.45, 7) is 5.21. The van der Waals surface area contributed by atoms with Gasteiger partial charge in [0.2, 0.25) is 0 Å². The summed E-state index contributed by atoms with van der Waals surface area (Å²) in [5.74, 6) is 0. The molecule has 0 radical (unpaired) electrons. The maximum absolute atomic E-state index is 3.27. The molecule has 0 fully saturated rings. The molecule has 0 spiro atoms. The Kier molecular flexibility index (Phi) is 3.17. The Balaban J connectivity index is 2.86. The number of hydrogen-bond donors (Lipinski definition) is 1. The van der Waals surface area contributed by atoms with Crippen LogP contribution in [0.3, 0.4) is 0 Å². The van der Waals surface area contributed by atoms with Gasteiger partial charge in [0.15, 0.2) is 0 Å². The van der Waals surface area contributed by atoms with Crippen molar-refractivity contribution in [2.75, 3.05) is 11.9 Å². The van der Waals surface area contributed by atoms with Gasteiger partial charge in [0.05, 0.1) is 0 Å². The molecule has 1 aromatic carbocycles. The third-order valence-electron chi connectivity index (χ3n) is 1.55. The van der Waals surface area contributed by atoms with Crippen molar-refractivity contribution in [3.8, 4) is 0 Å². The number of hydrogen-bond acceptors (Lipinski definition) is 1. The molecule has 0 saturated heterocycles. The Labute approximate surface area is 81.3 Å². The Morgan fingerprint density at radius 3 is 2.73 bits per heavy atom. The largest absolute Gasteiger partial charge is 0.385 e. The van der Waals surface area contributed by atoms with Crippen molar-refractivity contribution in [2.24, 2.45) is 0 Å². The summed E-state index contributed by atoms with van der Waals surface area (Å²) in [5, 5.41) is 3.27. The molecule has 0 atom stereocenters. The van der Waals surface area contributed by atoms with Gasteiger partial charge in [-0.05, 0) is 54.1 Å². The SMILES string of the molecule is CCNc1ccc(C)c(I)c1. The monoisotopic (exact) mass is 261 g/mol. The lowest BCUT2D eigenvalue weighted by Gasteiger charge is -2.04. The molecule has 1 aromatic rings. The maximum atomic E-state index is 3.27. The quantitative estimate of drug-likeness (QED) is 0.807. The van der Waals surface area contributed by atoms with Crippen LogP contribution in [-0.4, -0.2) is 6.54 Å². The van der Waals surface area contributed by atoms with E-state index in [0.717, 1.165) is 6.54 Å². The maximum Gasteiger partial charge on any atom is 0.0350 e. The minimum absolute atomic E-state index is 0.985. The smallest absolute Gasteiger partial charge is 0.0350 e. The lowest BCUT2D eigenvalue weighted by Crippen LogP contribution is -1.96. The van der Waals surface area contributed by atoms with Crippen LogP contribution >= 0.6 is 22.6 Å². The minimum atomic E-state index is 0.985. The summed E-state index contributed by atoms with van der Waals surface area (Å²) in [7, 11) is 0. The predicted octanol–water partition coefficient (Wildman–Crippen LogP) is 3.03. The van der Waals surface area contributed by atoms with Crippen LogP contribution in [-0.2, 0) is 0 Å². The lowest BCUT2D eigenvalue weighted by atomic mass is 10.2. The first-order valence-electron chi connectivity index (χ1n) is 3.74. The van der Waals surface area contributed by atoms with Crippen LogP contribution in [0.4, 0.5) is 5.69 Å². The summed E-state index contributed by atoms with van der Waals surface area (Å²) < 4.78 is 1.32. The second-order valence-electron chi connectivity index (χ2n) is 2.49. The molecule has 0 aliphatic heterocycles. The highest BCUT2D eigenvalue weighted by Gasteiger charge is 1.94. The molecule has 0 aliphatic rings. The molecule has 0 saturated carbocycles. The van der Waals surface area contributed by atoms with Crippen molar-refractivity contribution in [1.29, 1.82) is 0 Å². The molecule has 60 valence electrons. The highest BCUT2D eigenvalue weighted by molar-refractivity contribution is 14.1. The van der Waals surface area contributed by atoms with Gasteiger partial charge in [-0.2, -0.15) is 0 Å². The Morgan fingerprint density at radius 1 is 1.45 bits per heavy atom. The van der Waals surface area contributed by atoms with E-state index in [4.69, 9.17) is 0 Å². The molecule has 0 heterocycles. The van der Waals surface area contributed by atoms with Crippen molar-refractivity contribution in [3.05, 3.63) is 27.3 Å². The fourth-order valence-corrected chi connectivity index (χ4v) is 1.42. The molecule has 2 heteroatoms. The van der Waals surface area contributed by atoms with E-state index >= 15 is 0 Å². The van der Waals surface area contributed by atoms with Gasteiger partial charge in [-0.1, -0.05) is 6.07 Å². The standard InChI is InChI=1S/C9H12IN/c1-3-11-8-5-4-7(2)9(10)6-8/h4-6,11H,3H2,1-2H3. The summed E-state index contributed by atoms with van der Waals surface area (Å²) in [6, 6.07) is 6.42. The van der Waals surface area contributed by atoms with Crippen LogP contribution in [0.1, 0.15) is 12.5 Å². The average Bonchev–Trinajstić information content (AvgIpc) is 1.98. The second kappa shape index (κ2) is 3.95. The molecular formula is C9H12IN. The van der Waals surface area contributed by atoms with Crippen LogP contribution < -0.4 is 5.32 Å². The van der Waals surface area contributed by atoms with Gasteiger partial charge in [0.25, 0.3) is 0 Å². The molecular weight excluding hydrogens is 249 g/mol. The van der Waals surface area contributed by atoms with E-state index in [2.05, 4.69) is 60.0 Å². The van der Waals surface area contributed by atoms with E-state index < -0.39 is 0 Å². The molecule has 0 aliphatic carbocycles. The molecule has 0 aromatic heterocycles. The van der Waals surface area contributed by atoms with Crippen molar-refractivity contribution in [2.45, 2.75) is 13.8 Å². The number of rotatable bonds is 2. The van der Waals surface area contributed by atoms with Gasteiger partial charge in [0, 0.05) is 15.8 Å². The van der Waals surface area contributed by atoms with Crippen molar-refractivity contribution in [3.63, 3.8) is 0 Å². The third kappa shape index (κ3) is 2.36. The molecule has 1 rings (SSSR count). The zero-order chi connectivity index (χ0) is 8.27. The van der Waals surface area contributed by atoms with E-state index in [1.54, 1.807) is 0 Å². The lowest BCUT2D eigenvalue weighted by molar-refractivity contribution is 1.21. The van der Waals surface area contributed by atoms with Crippen LogP contribution in [0.2, 0.25) is 0 Å². The van der Waals surface area contributed by atoms with Crippen molar-refractivity contribution >= 4 is 28.3 Å². The second-order valence-corrected chi connectivity index (χ2v) is 3.66. The number of aryl methyl sites for hydroxylation is 1. The van der Waals surface area contributed by atoms with Crippen molar-refractivity contribution in [1.82, 2.24) is 0 Å². The van der Waals surface area contributed by atoms with Gasteiger partial charge >= 0.3 is 0 Å². The van der Waals surface area contributed by atoms with Crippen LogP contribution in [0.5, 0.6) is 0 Å². The first-order chi connectivity index (χ1) is 5.24. The zero-order valence-electron chi connectivity index (χ0n) is 6.82. The van der Waals surface area contributed by atoms with E-state index in [-0.39, 0.29) is 0 Å². The van der Waals surface area contributed by atoms with Crippen molar-refractivity contribution < 1.29 is 0 Å². The summed E-state index contributed by atoms with van der Waals surface area (Å²) in [4.78, 5) is 0. The Bertz CT molecular complexity index is 245. The van der Waals surface area contributed by atoms with Gasteiger partial charge < -0.3 is 5.32 Å². The highest BCUT2D eigenvalue weighted by Crippen LogP contribution is 2.16. The van der Waals surface area contributed by atoms with Gasteiger partial charge in [0.1, 0.15) is 0 Å². The predicted molar refractivity (Wildman–Crippen MR) is 58.1 cm³/mol. The minimum Gasteiger partial charge on any atom is -0.385 e. The van der Waals surface area contributed by atoms with Gasteiger partial charge in [-0.3, -0.25) is 0 Å². The third-order valence-corrected chi connectivity index (χ3v) is 2.71. The van der Waals surface area contributed by atoms with Gasteiger partial charge in [-0.25, -0.2) is 0 Å². The van der Waals surface area contributed by atoms with Crippen LogP contribution in [0.15, 0.2) is 18.2 Å². The van der Waals surface area contributed by atoms with E-state index in [1.165, 1.54) is 14.8 Å². The topological polar surface area (TPSA) is 12.0 Å². The fraction of sp³-hybridized carbons (Fsp3) is 0.333. The number of anilines is 1. The Morgan fingerprint density at radius 2 is 2.18 bits per heavy atom.